The first-order valence-corrected chi connectivity index (χ1v) is 7.61. The van der Waals surface area contributed by atoms with Crippen molar-refractivity contribution in [1.29, 1.82) is 0 Å². The van der Waals surface area contributed by atoms with Crippen molar-refractivity contribution >= 4 is 5.91 Å². The lowest BCUT2D eigenvalue weighted by Gasteiger charge is -2.16. The predicted octanol–water partition coefficient (Wildman–Crippen LogP) is 2.13. The van der Waals surface area contributed by atoms with Gasteiger partial charge in [0.1, 0.15) is 0 Å². The maximum Gasteiger partial charge on any atom is 0.251 e. The molecule has 1 aromatic rings. The van der Waals surface area contributed by atoms with Crippen molar-refractivity contribution in [3.8, 4) is 11.5 Å². The van der Waals surface area contributed by atoms with Crippen LogP contribution in [0.25, 0.3) is 0 Å². The van der Waals surface area contributed by atoms with Crippen molar-refractivity contribution in [2.24, 2.45) is 0 Å². The SMILES string of the molecule is COc1cc(C(=O)NCC2=CCNCC2)ccc1OC(C)C. The van der Waals surface area contributed by atoms with E-state index >= 15 is 0 Å². The minimum Gasteiger partial charge on any atom is -0.493 e. The van der Waals surface area contributed by atoms with Gasteiger partial charge in [-0.2, -0.15) is 0 Å². The summed E-state index contributed by atoms with van der Waals surface area (Å²) in [5.41, 5.74) is 1.83. The standard InChI is InChI=1S/C17H24N2O3/c1-12(2)22-15-5-4-14(10-16(15)21-3)17(20)19-11-13-6-8-18-9-7-13/h4-6,10,12,18H,7-9,11H2,1-3H3,(H,19,20). The van der Waals surface area contributed by atoms with E-state index in [-0.39, 0.29) is 12.0 Å². The van der Waals surface area contributed by atoms with Crippen molar-refractivity contribution in [3.63, 3.8) is 0 Å². The zero-order valence-corrected chi connectivity index (χ0v) is 13.4. The molecule has 0 aliphatic carbocycles. The highest BCUT2D eigenvalue weighted by atomic mass is 16.5. The molecular weight excluding hydrogens is 280 g/mol. The number of nitrogens with one attached hydrogen (secondary N) is 2. The van der Waals surface area contributed by atoms with E-state index in [2.05, 4.69) is 16.7 Å². The number of carbonyl (C=O) groups excluding carboxylic acids is 1. The van der Waals surface area contributed by atoms with Crippen LogP contribution in [-0.4, -0.2) is 38.8 Å². The topological polar surface area (TPSA) is 59.6 Å². The number of amides is 1. The van der Waals surface area contributed by atoms with Crippen LogP contribution in [0.4, 0.5) is 0 Å². The minimum absolute atomic E-state index is 0.0559. The monoisotopic (exact) mass is 304 g/mol. The predicted molar refractivity (Wildman–Crippen MR) is 86.7 cm³/mol. The Labute approximate surface area is 131 Å². The fraction of sp³-hybridized carbons (Fsp3) is 0.471. The lowest BCUT2D eigenvalue weighted by Crippen LogP contribution is -2.29. The number of carbonyl (C=O) groups is 1. The van der Waals surface area contributed by atoms with Gasteiger partial charge >= 0.3 is 0 Å². The quantitative estimate of drug-likeness (QED) is 0.791. The molecule has 2 rings (SSSR count). The maximum absolute atomic E-state index is 12.2. The number of benzene rings is 1. The van der Waals surface area contributed by atoms with Gasteiger partial charge in [0.25, 0.3) is 5.91 Å². The molecular formula is C17H24N2O3. The summed E-state index contributed by atoms with van der Waals surface area (Å²) < 4.78 is 11.0. The summed E-state index contributed by atoms with van der Waals surface area (Å²) in [7, 11) is 1.57. The van der Waals surface area contributed by atoms with Crippen LogP contribution in [0, 0.1) is 0 Å². The average molecular weight is 304 g/mol. The lowest BCUT2D eigenvalue weighted by molar-refractivity contribution is 0.0956. The highest BCUT2D eigenvalue weighted by molar-refractivity contribution is 5.95. The van der Waals surface area contributed by atoms with E-state index in [4.69, 9.17) is 9.47 Å². The molecule has 0 saturated carbocycles. The number of hydrogen-bond acceptors (Lipinski definition) is 4. The largest absolute Gasteiger partial charge is 0.493 e. The van der Waals surface area contributed by atoms with E-state index in [1.807, 2.05) is 13.8 Å². The maximum atomic E-state index is 12.2. The molecule has 1 heterocycles. The lowest BCUT2D eigenvalue weighted by atomic mass is 10.1. The Balaban J connectivity index is 2.01. The summed E-state index contributed by atoms with van der Waals surface area (Å²) >= 11 is 0. The van der Waals surface area contributed by atoms with Gasteiger partial charge < -0.3 is 20.1 Å². The second kappa shape index (κ2) is 7.84. The van der Waals surface area contributed by atoms with Gasteiger partial charge in [-0.05, 0) is 45.0 Å². The molecule has 5 nitrogen and oxygen atoms in total. The molecule has 0 radical (unpaired) electrons. The summed E-state index contributed by atoms with van der Waals surface area (Å²) in [6.45, 7) is 6.34. The third kappa shape index (κ3) is 4.49. The molecule has 0 unspecified atom stereocenters. The Kier molecular flexibility index (Phi) is 5.83. The second-order valence-corrected chi connectivity index (χ2v) is 5.53. The van der Waals surface area contributed by atoms with E-state index < -0.39 is 0 Å². The molecule has 2 N–H and O–H groups in total. The number of hydrogen-bond donors (Lipinski definition) is 2. The van der Waals surface area contributed by atoms with Gasteiger partial charge in [0, 0.05) is 18.7 Å². The summed E-state index contributed by atoms with van der Waals surface area (Å²) in [6, 6.07) is 5.24. The summed E-state index contributed by atoms with van der Waals surface area (Å²) in [6.07, 6.45) is 3.16. The third-order valence-electron chi connectivity index (χ3n) is 3.42. The molecule has 0 aromatic heterocycles. The molecule has 0 bridgehead atoms. The van der Waals surface area contributed by atoms with Crippen LogP contribution >= 0.6 is 0 Å². The van der Waals surface area contributed by atoms with Crippen LogP contribution in [0.5, 0.6) is 11.5 Å². The number of rotatable bonds is 6. The normalized spacial score (nSPS) is 14.5. The van der Waals surface area contributed by atoms with E-state index in [1.54, 1.807) is 25.3 Å². The van der Waals surface area contributed by atoms with E-state index in [1.165, 1.54) is 5.57 Å². The highest BCUT2D eigenvalue weighted by Gasteiger charge is 2.12. The molecule has 120 valence electrons. The third-order valence-corrected chi connectivity index (χ3v) is 3.42. The summed E-state index contributed by atoms with van der Waals surface area (Å²) in [5, 5.41) is 6.20. The Hall–Kier alpha value is -2.01. The molecule has 0 fully saturated rings. The van der Waals surface area contributed by atoms with Gasteiger partial charge in [-0.25, -0.2) is 0 Å². The molecule has 1 aliphatic heterocycles. The molecule has 0 atom stereocenters. The van der Waals surface area contributed by atoms with Crippen molar-refractivity contribution in [3.05, 3.63) is 35.4 Å². The van der Waals surface area contributed by atoms with Crippen LogP contribution < -0.4 is 20.1 Å². The van der Waals surface area contributed by atoms with Crippen molar-refractivity contribution < 1.29 is 14.3 Å². The van der Waals surface area contributed by atoms with Gasteiger partial charge in [0.2, 0.25) is 0 Å². The minimum atomic E-state index is -0.103. The van der Waals surface area contributed by atoms with Gasteiger partial charge in [0.15, 0.2) is 11.5 Å². The van der Waals surface area contributed by atoms with Gasteiger partial charge in [0.05, 0.1) is 13.2 Å². The molecule has 5 heteroatoms. The second-order valence-electron chi connectivity index (χ2n) is 5.53. The van der Waals surface area contributed by atoms with Crippen LogP contribution in [0.2, 0.25) is 0 Å². The number of ether oxygens (including phenoxy) is 2. The molecule has 1 aliphatic rings. The van der Waals surface area contributed by atoms with E-state index in [0.717, 1.165) is 19.5 Å². The first-order chi connectivity index (χ1) is 10.6. The first kappa shape index (κ1) is 16.4. The Morgan fingerprint density at radius 2 is 2.18 bits per heavy atom. The van der Waals surface area contributed by atoms with Crippen LogP contribution in [0.1, 0.15) is 30.6 Å². The van der Waals surface area contributed by atoms with Crippen molar-refractivity contribution in [2.75, 3.05) is 26.7 Å². The van der Waals surface area contributed by atoms with E-state index in [9.17, 15) is 4.79 Å². The van der Waals surface area contributed by atoms with Crippen molar-refractivity contribution in [2.45, 2.75) is 26.4 Å². The zero-order chi connectivity index (χ0) is 15.9. The van der Waals surface area contributed by atoms with Crippen LogP contribution in [0.3, 0.4) is 0 Å². The van der Waals surface area contributed by atoms with Crippen LogP contribution in [-0.2, 0) is 0 Å². The average Bonchev–Trinajstić information content (AvgIpc) is 2.53. The Bertz CT molecular complexity index is 553. The van der Waals surface area contributed by atoms with Crippen LogP contribution in [0.15, 0.2) is 29.8 Å². The smallest absolute Gasteiger partial charge is 0.251 e. The fourth-order valence-electron chi connectivity index (χ4n) is 2.29. The molecule has 1 aromatic carbocycles. The number of methoxy groups -OCH3 is 1. The molecule has 1 amide bonds. The Morgan fingerprint density at radius 1 is 1.36 bits per heavy atom. The Morgan fingerprint density at radius 3 is 2.82 bits per heavy atom. The molecule has 22 heavy (non-hydrogen) atoms. The first-order valence-electron chi connectivity index (χ1n) is 7.61. The highest BCUT2D eigenvalue weighted by Crippen LogP contribution is 2.28. The van der Waals surface area contributed by atoms with Gasteiger partial charge in [-0.1, -0.05) is 11.6 Å². The molecule has 0 saturated heterocycles. The van der Waals surface area contributed by atoms with Crippen molar-refractivity contribution in [1.82, 2.24) is 10.6 Å². The van der Waals surface area contributed by atoms with Gasteiger partial charge in [-0.15, -0.1) is 0 Å². The summed E-state index contributed by atoms with van der Waals surface area (Å²) in [4.78, 5) is 12.2. The molecule has 0 spiro atoms. The fourth-order valence-corrected chi connectivity index (χ4v) is 2.29. The van der Waals surface area contributed by atoms with Gasteiger partial charge in [-0.3, -0.25) is 4.79 Å². The summed E-state index contributed by atoms with van der Waals surface area (Å²) in [5.74, 6) is 1.12. The van der Waals surface area contributed by atoms with E-state index in [0.29, 0.717) is 23.6 Å². The zero-order valence-electron chi connectivity index (χ0n) is 13.4.